The molecule has 0 fully saturated rings. The zero-order valence-electron chi connectivity index (χ0n) is 13.6. The lowest BCUT2D eigenvalue weighted by Gasteiger charge is -2.16. The number of hydrogen-bond acceptors (Lipinski definition) is 3. The Hall–Kier alpha value is -1.91. The first-order valence-corrected chi connectivity index (χ1v) is 9.21. The third kappa shape index (κ3) is 3.71. The van der Waals surface area contributed by atoms with Crippen molar-refractivity contribution in [2.45, 2.75) is 20.0 Å². The second-order valence-electron chi connectivity index (χ2n) is 5.38. The van der Waals surface area contributed by atoms with Crippen molar-refractivity contribution in [2.75, 3.05) is 13.0 Å². The van der Waals surface area contributed by atoms with Crippen molar-refractivity contribution >= 4 is 21.2 Å². The van der Waals surface area contributed by atoms with E-state index in [4.69, 9.17) is 9.84 Å². The molecular weight excluding hydrogens is 304 g/mol. The fourth-order valence-corrected chi connectivity index (χ4v) is 4.44. The Bertz CT molecular complexity index is 711. The largest absolute Gasteiger partial charge is 0.365 e. The van der Waals surface area contributed by atoms with E-state index in [2.05, 4.69) is 53.8 Å². The van der Waals surface area contributed by atoms with Gasteiger partial charge in [-0.3, -0.25) is 0 Å². The normalized spacial score (nSPS) is 17.5. The predicted octanol–water partition coefficient (Wildman–Crippen LogP) is 4.28. The van der Waals surface area contributed by atoms with Gasteiger partial charge in [-0.2, -0.15) is 5.10 Å². The van der Waals surface area contributed by atoms with Crippen molar-refractivity contribution in [3.05, 3.63) is 71.8 Å². The molecule has 2 aromatic rings. The van der Waals surface area contributed by atoms with Crippen molar-refractivity contribution in [1.29, 1.82) is 0 Å². The summed E-state index contributed by atoms with van der Waals surface area (Å²) < 4.78 is 8.06. The molecule has 1 atom stereocenters. The van der Waals surface area contributed by atoms with Gasteiger partial charge in [-0.1, -0.05) is 67.6 Å². The molecule has 2 aromatic carbocycles. The van der Waals surface area contributed by atoms with Crippen LogP contribution in [0.5, 0.6) is 0 Å². The van der Waals surface area contributed by atoms with E-state index in [0.717, 1.165) is 6.42 Å². The van der Waals surface area contributed by atoms with Gasteiger partial charge in [0.05, 0.1) is 17.2 Å². The molecule has 23 heavy (non-hydrogen) atoms. The van der Waals surface area contributed by atoms with E-state index in [-0.39, 0.29) is 10.7 Å². The third-order valence-electron chi connectivity index (χ3n) is 3.76. The molecule has 0 radical (unpaired) electrons. The fourth-order valence-electron chi connectivity index (χ4n) is 2.60. The van der Waals surface area contributed by atoms with Crippen molar-refractivity contribution < 1.29 is 4.74 Å². The Labute approximate surface area is 140 Å². The molecule has 0 aromatic heterocycles. The second-order valence-corrected chi connectivity index (χ2v) is 7.28. The summed E-state index contributed by atoms with van der Waals surface area (Å²) in [5.41, 5.74) is 3.63. The molecule has 0 amide bonds. The summed E-state index contributed by atoms with van der Waals surface area (Å²) in [6.45, 7) is 2.80. The van der Waals surface area contributed by atoms with Crippen molar-refractivity contribution in [1.82, 2.24) is 4.41 Å². The average Bonchev–Trinajstić information content (AvgIpc) is 2.92. The number of benzene rings is 2. The summed E-state index contributed by atoms with van der Waals surface area (Å²) in [4.78, 5) is 1.32. The van der Waals surface area contributed by atoms with E-state index in [0.29, 0.717) is 12.5 Å². The SMILES string of the molecule is CCC1=NN(C)S(COCc2ccccc2)=C1c1ccccc1. The quantitative estimate of drug-likeness (QED) is 0.740. The summed E-state index contributed by atoms with van der Waals surface area (Å²) in [7, 11) is 1.90. The van der Waals surface area contributed by atoms with Crippen LogP contribution in [0.2, 0.25) is 0 Å². The number of ether oxygens (including phenoxy) is 1. The Morgan fingerprint density at radius 2 is 1.65 bits per heavy atom. The molecule has 0 N–H and O–H groups in total. The Morgan fingerprint density at radius 3 is 2.30 bits per heavy atom. The molecule has 0 aliphatic carbocycles. The smallest absolute Gasteiger partial charge is 0.107 e. The number of rotatable bonds is 6. The van der Waals surface area contributed by atoms with Gasteiger partial charge in [-0.15, -0.1) is 0 Å². The van der Waals surface area contributed by atoms with Crippen LogP contribution in [0.4, 0.5) is 0 Å². The standard InChI is InChI=1S/C19H22N2OS/c1-3-18-19(17-12-8-5-9-13-17)23(21(2)20-18)15-22-14-16-10-6-4-7-11-16/h4-13H,3,14-15H2,1-2H3. The van der Waals surface area contributed by atoms with Gasteiger partial charge < -0.3 is 4.74 Å². The van der Waals surface area contributed by atoms with Crippen LogP contribution in [-0.4, -0.2) is 28.0 Å². The molecule has 1 unspecified atom stereocenters. The first-order chi connectivity index (χ1) is 11.3. The van der Waals surface area contributed by atoms with Gasteiger partial charge in [0.1, 0.15) is 5.94 Å². The van der Waals surface area contributed by atoms with E-state index < -0.39 is 0 Å². The number of hydrazone groups is 1. The summed E-state index contributed by atoms with van der Waals surface area (Å²) in [5.74, 6) is 0.669. The fraction of sp³-hybridized carbons (Fsp3) is 0.263. The molecule has 4 heteroatoms. The minimum Gasteiger partial charge on any atom is -0.365 e. The van der Waals surface area contributed by atoms with Crippen LogP contribution in [0, 0.1) is 0 Å². The van der Waals surface area contributed by atoms with Crippen LogP contribution < -0.4 is 0 Å². The molecule has 0 saturated carbocycles. The van der Waals surface area contributed by atoms with E-state index in [9.17, 15) is 0 Å². The van der Waals surface area contributed by atoms with Crippen LogP contribution >= 0.6 is 10.7 Å². The molecule has 0 saturated heterocycles. The van der Waals surface area contributed by atoms with Crippen LogP contribution in [0.3, 0.4) is 0 Å². The van der Waals surface area contributed by atoms with Gasteiger partial charge in [0, 0.05) is 7.05 Å². The molecule has 1 aliphatic heterocycles. The summed E-state index contributed by atoms with van der Waals surface area (Å²) in [5, 5.41) is 4.72. The molecule has 3 nitrogen and oxygen atoms in total. The predicted molar refractivity (Wildman–Crippen MR) is 99.7 cm³/mol. The van der Waals surface area contributed by atoms with Crippen LogP contribution in [-0.2, 0) is 11.3 Å². The van der Waals surface area contributed by atoms with E-state index >= 15 is 0 Å². The molecular formula is C19H22N2OS. The maximum Gasteiger partial charge on any atom is 0.107 e. The van der Waals surface area contributed by atoms with Gasteiger partial charge >= 0.3 is 0 Å². The highest BCUT2D eigenvalue weighted by Crippen LogP contribution is 2.31. The summed E-state index contributed by atoms with van der Waals surface area (Å²) in [6.07, 6.45) is 0.941. The molecule has 0 bridgehead atoms. The number of hydrogen-bond donors (Lipinski definition) is 0. The van der Waals surface area contributed by atoms with Crippen molar-refractivity contribution in [2.24, 2.45) is 5.10 Å². The second kappa shape index (κ2) is 7.57. The lowest BCUT2D eigenvalue weighted by Crippen LogP contribution is -2.13. The molecule has 1 aliphatic rings. The highest BCUT2D eigenvalue weighted by molar-refractivity contribution is 8.15. The molecule has 120 valence electrons. The number of nitrogens with zero attached hydrogens (tertiary/aromatic N) is 2. The zero-order chi connectivity index (χ0) is 16.1. The van der Waals surface area contributed by atoms with Crippen LogP contribution in [0.25, 0.3) is 0 Å². The van der Waals surface area contributed by atoms with Gasteiger partial charge in [-0.25, -0.2) is 4.41 Å². The van der Waals surface area contributed by atoms with Gasteiger partial charge in [-0.05, 0) is 28.2 Å². The first-order valence-electron chi connectivity index (χ1n) is 7.86. The Morgan fingerprint density at radius 1 is 1.00 bits per heavy atom. The average molecular weight is 326 g/mol. The minimum absolute atomic E-state index is 0.140. The van der Waals surface area contributed by atoms with Crippen LogP contribution in [0.1, 0.15) is 24.5 Å². The van der Waals surface area contributed by atoms with Gasteiger partial charge in [0.2, 0.25) is 0 Å². The lowest BCUT2D eigenvalue weighted by molar-refractivity contribution is 0.167. The first kappa shape index (κ1) is 16.0. The van der Waals surface area contributed by atoms with E-state index in [1.165, 1.54) is 21.7 Å². The van der Waals surface area contributed by atoms with Crippen molar-refractivity contribution in [3.8, 4) is 0 Å². The maximum atomic E-state index is 6.00. The van der Waals surface area contributed by atoms with E-state index in [1.807, 2.05) is 25.2 Å². The highest BCUT2D eigenvalue weighted by Gasteiger charge is 2.23. The van der Waals surface area contributed by atoms with Gasteiger partial charge in [0.15, 0.2) is 0 Å². The third-order valence-corrected chi connectivity index (χ3v) is 5.81. The molecule has 1 heterocycles. The van der Waals surface area contributed by atoms with Crippen LogP contribution in [0.15, 0.2) is 65.8 Å². The zero-order valence-corrected chi connectivity index (χ0v) is 14.4. The summed E-state index contributed by atoms with van der Waals surface area (Å²) >= 11 is 0. The molecule has 3 rings (SSSR count). The topological polar surface area (TPSA) is 24.8 Å². The maximum absolute atomic E-state index is 6.00. The van der Waals surface area contributed by atoms with E-state index in [1.54, 1.807) is 0 Å². The highest BCUT2D eigenvalue weighted by atomic mass is 32.2. The Kier molecular flexibility index (Phi) is 5.26. The Balaban J connectivity index is 1.79. The molecule has 0 spiro atoms. The van der Waals surface area contributed by atoms with Crippen molar-refractivity contribution in [3.63, 3.8) is 0 Å². The van der Waals surface area contributed by atoms with Gasteiger partial charge in [0.25, 0.3) is 0 Å². The monoisotopic (exact) mass is 326 g/mol. The summed E-state index contributed by atoms with van der Waals surface area (Å²) in [6, 6.07) is 20.8. The lowest BCUT2D eigenvalue weighted by atomic mass is 10.1. The minimum atomic E-state index is -0.140.